The zero-order chi connectivity index (χ0) is 13.5. The Morgan fingerprint density at radius 1 is 1.42 bits per heavy atom. The molecule has 104 valence electrons. The van der Waals surface area contributed by atoms with E-state index >= 15 is 0 Å². The lowest BCUT2D eigenvalue weighted by Crippen LogP contribution is -2.23. The van der Waals surface area contributed by atoms with Crippen LogP contribution in [0.4, 0.5) is 0 Å². The van der Waals surface area contributed by atoms with Crippen molar-refractivity contribution in [3.8, 4) is 11.8 Å². The Labute approximate surface area is 120 Å². The average Bonchev–Trinajstić information content (AvgIpc) is 3.02. The van der Waals surface area contributed by atoms with Crippen molar-refractivity contribution in [1.29, 1.82) is 0 Å². The minimum Gasteiger partial charge on any atom is -0.395 e. The summed E-state index contributed by atoms with van der Waals surface area (Å²) >= 11 is 1.79. The highest BCUT2D eigenvalue weighted by atomic mass is 32.1. The minimum atomic E-state index is 0.147. The maximum atomic E-state index is 8.70. The molecule has 1 aromatic rings. The standard InChI is InChI=1S/C16H23NOS/c1-17(11-14-6-2-3-7-14)12-16-10-15(13-19-16)8-4-5-9-18/h10,13-14,18H,2-3,5-7,9,11-12H2,1H3. The van der Waals surface area contributed by atoms with E-state index in [0.717, 1.165) is 18.0 Å². The van der Waals surface area contributed by atoms with Crippen LogP contribution in [0.2, 0.25) is 0 Å². The fraction of sp³-hybridized carbons (Fsp3) is 0.625. The van der Waals surface area contributed by atoms with Crippen LogP contribution < -0.4 is 0 Å². The molecule has 0 unspecified atom stereocenters. The van der Waals surface area contributed by atoms with Crippen LogP contribution in [0.3, 0.4) is 0 Å². The number of nitrogens with zero attached hydrogens (tertiary/aromatic N) is 1. The van der Waals surface area contributed by atoms with Crippen LogP contribution >= 0.6 is 11.3 Å². The summed E-state index contributed by atoms with van der Waals surface area (Å²) in [5.41, 5.74) is 1.09. The van der Waals surface area contributed by atoms with Crippen molar-refractivity contribution < 1.29 is 5.11 Å². The molecule has 1 heterocycles. The van der Waals surface area contributed by atoms with Gasteiger partial charge >= 0.3 is 0 Å². The Morgan fingerprint density at radius 3 is 2.95 bits per heavy atom. The molecule has 0 aliphatic heterocycles. The van der Waals surface area contributed by atoms with E-state index in [4.69, 9.17) is 5.11 Å². The van der Waals surface area contributed by atoms with Crippen molar-refractivity contribution in [3.63, 3.8) is 0 Å². The zero-order valence-corrected chi connectivity index (χ0v) is 12.5. The first-order valence-corrected chi connectivity index (χ1v) is 8.01. The number of hydrogen-bond acceptors (Lipinski definition) is 3. The quantitative estimate of drug-likeness (QED) is 0.836. The van der Waals surface area contributed by atoms with Gasteiger partial charge < -0.3 is 10.0 Å². The fourth-order valence-electron chi connectivity index (χ4n) is 2.71. The number of aliphatic hydroxyl groups excluding tert-OH is 1. The molecule has 1 saturated carbocycles. The van der Waals surface area contributed by atoms with Gasteiger partial charge in [0, 0.05) is 35.3 Å². The van der Waals surface area contributed by atoms with Gasteiger partial charge in [-0.2, -0.15) is 0 Å². The van der Waals surface area contributed by atoms with Crippen molar-refractivity contribution in [1.82, 2.24) is 4.90 Å². The van der Waals surface area contributed by atoms with Crippen LogP contribution in [0.5, 0.6) is 0 Å². The van der Waals surface area contributed by atoms with E-state index in [1.165, 1.54) is 37.1 Å². The van der Waals surface area contributed by atoms with E-state index < -0.39 is 0 Å². The van der Waals surface area contributed by atoms with E-state index in [9.17, 15) is 0 Å². The first-order valence-electron chi connectivity index (χ1n) is 7.13. The van der Waals surface area contributed by atoms with Crippen LogP contribution in [-0.4, -0.2) is 30.2 Å². The van der Waals surface area contributed by atoms with E-state index in [1.54, 1.807) is 11.3 Å². The van der Waals surface area contributed by atoms with Crippen LogP contribution in [0.25, 0.3) is 0 Å². The van der Waals surface area contributed by atoms with Gasteiger partial charge in [0.2, 0.25) is 0 Å². The van der Waals surface area contributed by atoms with Gasteiger partial charge in [-0.15, -0.1) is 11.3 Å². The van der Waals surface area contributed by atoms with Gasteiger partial charge in [-0.25, -0.2) is 0 Å². The molecule has 3 heteroatoms. The maximum absolute atomic E-state index is 8.70. The molecule has 0 spiro atoms. The molecule has 1 aliphatic carbocycles. The first-order chi connectivity index (χ1) is 9.28. The summed E-state index contributed by atoms with van der Waals surface area (Å²) in [7, 11) is 2.22. The number of thiophene rings is 1. The zero-order valence-electron chi connectivity index (χ0n) is 11.7. The van der Waals surface area contributed by atoms with Gasteiger partial charge in [0.25, 0.3) is 0 Å². The van der Waals surface area contributed by atoms with E-state index in [0.29, 0.717) is 6.42 Å². The Morgan fingerprint density at radius 2 is 2.21 bits per heavy atom. The van der Waals surface area contributed by atoms with Crippen LogP contribution in [0.15, 0.2) is 11.4 Å². The maximum Gasteiger partial charge on any atom is 0.0540 e. The summed E-state index contributed by atoms with van der Waals surface area (Å²) in [6.07, 6.45) is 6.22. The Kier molecular flexibility index (Phi) is 5.91. The van der Waals surface area contributed by atoms with Gasteiger partial charge in [0.05, 0.1) is 6.61 Å². The molecule has 0 aromatic carbocycles. The third kappa shape index (κ3) is 4.99. The van der Waals surface area contributed by atoms with E-state index in [1.807, 2.05) is 0 Å². The lowest BCUT2D eigenvalue weighted by atomic mass is 10.1. The molecule has 1 aliphatic rings. The molecule has 0 atom stereocenters. The second-order valence-electron chi connectivity index (χ2n) is 5.42. The van der Waals surface area contributed by atoms with Gasteiger partial charge in [-0.1, -0.05) is 24.7 Å². The lowest BCUT2D eigenvalue weighted by Gasteiger charge is -2.19. The predicted molar refractivity (Wildman–Crippen MR) is 81.2 cm³/mol. The highest BCUT2D eigenvalue weighted by Gasteiger charge is 2.16. The number of rotatable bonds is 5. The highest BCUT2D eigenvalue weighted by molar-refractivity contribution is 7.10. The Bertz CT molecular complexity index is 437. The fourth-order valence-corrected chi connectivity index (χ4v) is 3.61. The Hall–Kier alpha value is -0.820. The monoisotopic (exact) mass is 277 g/mol. The van der Waals surface area contributed by atoms with Gasteiger partial charge in [0.15, 0.2) is 0 Å². The van der Waals surface area contributed by atoms with Crippen LogP contribution in [0, 0.1) is 17.8 Å². The number of aliphatic hydroxyl groups is 1. The molecule has 2 rings (SSSR count). The molecular weight excluding hydrogens is 254 g/mol. The molecule has 0 radical (unpaired) electrons. The highest BCUT2D eigenvalue weighted by Crippen LogP contribution is 2.26. The molecule has 1 N–H and O–H groups in total. The molecular formula is C16H23NOS. The Balaban J connectivity index is 1.80. The average molecular weight is 277 g/mol. The molecule has 0 saturated heterocycles. The van der Waals surface area contributed by atoms with Crippen molar-refractivity contribution in [2.24, 2.45) is 5.92 Å². The van der Waals surface area contributed by atoms with Gasteiger partial charge in [0.1, 0.15) is 0 Å². The molecule has 0 amide bonds. The van der Waals surface area contributed by atoms with Crippen molar-refractivity contribution in [2.75, 3.05) is 20.2 Å². The summed E-state index contributed by atoms with van der Waals surface area (Å²) in [4.78, 5) is 3.82. The molecule has 2 nitrogen and oxygen atoms in total. The largest absolute Gasteiger partial charge is 0.395 e. The minimum absolute atomic E-state index is 0.147. The second kappa shape index (κ2) is 7.69. The smallest absolute Gasteiger partial charge is 0.0540 e. The number of hydrogen-bond donors (Lipinski definition) is 1. The normalized spacial score (nSPS) is 15.7. The summed E-state index contributed by atoms with van der Waals surface area (Å²) in [6.45, 7) is 2.40. The van der Waals surface area contributed by atoms with Crippen LogP contribution in [-0.2, 0) is 6.54 Å². The lowest BCUT2D eigenvalue weighted by molar-refractivity contribution is 0.273. The molecule has 1 aromatic heterocycles. The molecule has 0 bridgehead atoms. The summed E-state index contributed by atoms with van der Waals surface area (Å²) in [6, 6.07) is 2.18. The SMILES string of the molecule is CN(Cc1cc(C#CCCO)cs1)CC1CCCC1. The first kappa shape index (κ1) is 14.6. The molecule has 1 fully saturated rings. The third-order valence-corrected chi connectivity index (χ3v) is 4.52. The summed E-state index contributed by atoms with van der Waals surface area (Å²) in [5.74, 6) is 6.97. The van der Waals surface area contributed by atoms with E-state index in [-0.39, 0.29) is 6.61 Å². The third-order valence-electron chi connectivity index (χ3n) is 3.59. The summed E-state index contributed by atoms with van der Waals surface area (Å²) < 4.78 is 0. The van der Waals surface area contributed by atoms with Crippen molar-refractivity contribution >= 4 is 11.3 Å². The predicted octanol–water partition coefficient (Wildman–Crippen LogP) is 3.10. The van der Waals surface area contributed by atoms with Gasteiger partial charge in [-0.3, -0.25) is 0 Å². The topological polar surface area (TPSA) is 23.5 Å². The van der Waals surface area contributed by atoms with Gasteiger partial charge in [-0.05, 0) is 31.9 Å². The van der Waals surface area contributed by atoms with Crippen molar-refractivity contribution in [2.45, 2.75) is 38.6 Å². The summed E-state index contributed by atoms with van der Waals surface area (Å²) in [5, 5.41) is 10.8. The van der Waals surface area contributed by atoms with Crippen molar-refractivity contribution in [3.05, 3.63) is 21.9 Å². The van der Waals surface area contributed by atoms with Crippen LogP contribution in [0.1, 0.15) is 42.5 Å². The second-order valence-corrected chi connectivity index (χ2v) is 6.42. The molecule has 19 heavy (non-hydrogen) atoms. The van der Waals surface area contributed by atoms with E-state index in [2.05, 4.69) is 35.2 Å².